The second-order valence-electron chi connectivity index (χ2n) is 5.99. The molecule has 146 valence electrons. The van der Waals surface area contributed by atoms with E-state index in [1.54, 1.807) is 6.07 Å². The Morgan fingerprint density at radius 2 is 1.67 bits per heavy atom. The summed E-state index contributed by atoms with van der Waals surface area (Å²) < 4.78 is 38.5. The minimum atomic E-state index is -3.90. The number of hydrogen-bond acceptors (Lipinski definition) is 5. The Balaban J connectivity index is 2.27. The Bertz CT molecular complexity index is 845. The first-order chi connectivity index (χ1) is 12.8. The van der Waals surface area contributed by atoms with Crippen LogP contribution in [0.25, 0.3) is 0 Å². The van der Waals surface area contributed by atoms with Gasteiger partial charge in [-0.25, -0.2) is 13.1 Å². The molecule has 1 atom stereocenters. The highest BCUT2D eigenvalue weighted by atomic mass is 32.2. The molecule has 27 heavy (non-hydrogen) atoms. The monoisotopic (exact) mass is 393 g/mol. The molecule has 0 spiro atoms. The Hall–Kier alpha value is -2.58. The SMILES string of the molecule is COc1cc(OC)cc(S(=O)(=O)NC(CCC(=O)O)Cc2ccccc2)c1. The third-order valence-corrected chi connectivity index (χ3v) is 5.49. The highest BCUT2D eigenvalue weighted by Gasteiger charge is 2.22. The van der Waals surface area contributed by atoms with Crippen LogP contribution in [0.5, 0.6) is 11.5 Å². The maximum absolute atomic E-state index is 12.8. The van der Waals surface area contributed by atoms with Gasteiger partial charge in [-0.05, 0) is 18.4 Å². The second-order valence-corrected chi connectivity index (χ2v) is 7.70. The number of nitrogens with one attached hydrogen (secondary N) is 1. The van der Waals surface area contributed by atoms with Crippen molar-refractivity contribution in [3.8, 4) is 11.5 Å². The zero-order valence-electron chi connectivity index (χ0n) is 15.2. The van der Waals surface area contributed by atoms with Crippen molar-refractivity contribution in [2.75, 3.05) is 14.2 Å². The van der Waals surface area contributed by atoms with Gasteiger partial charge >= 0.3 is 5.97 Å². The molecule has 0 saturated heterocycles. The molecule has 8 heteroatoms. The van der Waals surface area contributed by atoms with Crippen molar-refractivity contribution < 1.29 is 27.8 Å². The van der Waals surface area contributed by atoms with Gasteiger partial charge in [0.15, 0.2) is 0 Å². The molecule has 0 aliphatic carbocycles. The smallest absolute Gasteiger partial charge is 0.303 e. The number of sulfonamides is 1. The van der Waals surface area contributed by atoms with Crippen molar-refractivity contribution in [1.29, 1.82) is 0 Å². The molecule has 2 N–H and O–H groups in total. The van der Waals surface area contributed by atoms with Gasteiger partial charge in [0.25, 0.3) is 0 Å². The van der Waals surface area contributed by atoms with E-state index in [0.29, 0.717) is 17.9 Å². The third-order valence-electron chi connectivity index (χ3n) is 3.99. The topological polar surface area (TPSA) is 102 Å². The summed E-state index contributed by atoms with van der Waals surface area (Å²) in [5, 5.41) is 8.97. The number of methoxy groups -OCH3 is 2. The van der Waals surface area contributed by atoms with Gasteiger partial charge in [0.05, 0.1) is 19.1 Å². The number of hydrogen-bond donors (Lipinski definition) is 2. The minimum absolute atomic E-state index is 0.00733. The maximum Gasteiger partial charge on any atom is 0.303 e. The molecule has 0 aromatic heterocycles. The highest BCUT2D eigenvalue weighted by Crippen LogP contribution is 2.26. The van der Waals surface area contributed by atoms with Gasteiger partial charge in [-0.2, -0.15) is 0 Å². The first-order valence-corrected chi connectivity index (χ1v) is 9.83. The van der Waals surface area contributed by atoms with Gasteiger partial charge in [-0.1, -0.05) is 30.3 Å². The molecular weight excluding hydrogens is 370 g/mol. The van der Waals surface area contributed by atoms with Crippen molar-refractivity contribution in [3.63, 3.8) is 0 Å². The first kappa shape index (κ1) is 20.7. The molecule has 0 radical (unpaired) electrons. The fraction of sp³-hybridized carbons (Fsp3) is 0.316. The quantitative estimate of drug-likeness (QED) is 0.643. The van der Waals surface area contributed by atoms with E-state index in [0.717, 1.165) is 5.56 Å². The molecule has 0 aliphatic rings. The first-order valence-electron chi connectivity index (χ1n) is 8.35. The number of carbonyl (C=O) groups is 1. The average molecular weight is 393 g/mol. The van der Waals surface area contributed by atoms with Gasteiger partial charge in [0, 0.05) is 30.7 Å². The lowest BCUT2D eigenvalue weighted by Crippen LogP contribution is -2.37. The largest absolute Gasteiger partial charge is 0.497 e. The molecule has 0 aliphatic heterocycles. The predicted molar refractivity (Wildman–Crippen MR) is 101 cm³/mol. The number of benzene rings is 2. The van der Waals surface area contributed by atoms with Crippen molar-refractivity contribution in [3.05, 3.63) is 54.1 Å². The summed E-state index contributed by atoms with van der Waals surface area (Å²) in [4.78, 5) is 10.9. The van der Waals surface area contributed by atoms with E-state index in [-0.39, 0.29) is 17.7 Å². The second kappa shape index (κ2) is 9.38. The fourth-order valence-electron chi connectivity index (χ4n) is 2.62. The Kier molecular flexibility index (Phi) is 7.20. The zero-order chi connectivity index (χ0) is 19.9. The molecule has 2 rings (SSSR count). The number of rotatable bonds is 10. The van der Waals surface area contributed by atoms with E-state index in [1.165, 1.54) is 26.4 Å². The van der Waals surface area contributed by atoms with Crippen LogP contribution in [0.15, 0.2) is 53.4 Å². The summed E-state index contributed by atoms with van der Waals surface area (Å²) in [6.07, 6.45) is 0.417. The van der Waals surface area contributed by atoms with Crippen molar-refractivity contribution in [2.45, 2.75) is 30.2 Å². The zero-order valence-corrected chi connectivity index (χ0v) is 16.0. The molecule has 2 aromatic rings. The van der Waals surface area contributed by atoms with E-state index < -0.39 is 22.0 Å². The van der Waals surface area contributed by atoms with Crippen LogP contribution in [0, 0.1) is 0 Å². The number of carboxylic acid groups (broad SMARTS) is 1. The molecule has 0 saturated carbocycles. The van der Waals surface area contributed by atoms with Gasteiger partial charge in [-0.3, -0.25) is 4.79 Å². The molecule has 0 amide bonds. The van der Waals surface area contributed by atoms with Crippen LogP contribution in [-0.4, -0.2) is 39.8 Å². The van der Waals surface area contributed by atoms with E-state index in [1.807, 2.05) is 30.3 Å². The number of aliphatic carboxylic acids is 1. The van der Waals surface area contributed by atoms with Crippen LogP contribution in [0.1, 0.15) is 18.4 Å². The molecule has 0 fully saturated rings. The lowest BCUT2D eigenvalue weighted by Gasteiger charge is -2.19. The molecule has 0 heterocycles. The van der Waals surface area contributed by atoms with E-state index in [2.05, 4.69) is 4.72 Å². The molecule has 0 bridgehead atoms. The summed E-state index contributed by atoms with van der Waals surface area (Å²) in [6.45, 7) is 0. The number of carboxylic acids is 1. The summed E-state index contributed by atoms with van der Waals surface area (Å²) in [5.41, 5.74) is 0.916. The Morgan fingerprint density at radius 1 is 1.07 bits per heavy atom. The molecule has 7 nitrogen and oxygen atoms in total. The Labute approximate surface area is 159 Å². The normalized spacial score (nSPS) is 12.4. The van der Waals surface area contributed by atoms with Crippen LogP contribution in [0.3, 0.4) is 0 Å². The number of ether oxygens (including phenoxy) is 2. The van der Waals surface area contributed by atoms with E-state index in [9.17, 15) is 13.2 Å². The van der Waals surface area contributed by atoms with Crippen LogP contribution >= 0.6 is 0 Å². The highest BCUT2D eigenvalue weighted by molar-refractivity contribution is 7.89. The average Bonchev–Trinajstić information content (AvgIpc) is 2.66. The third kappa shape index (κ3) is 6.26. The van der Waals surface area contributed by atoms with Gasteiger partial charge in [-0.15, -0.1) is 0 Å². The predicted octanol–water partition coefficient (Wildman–Crippen LogP) is 2.46. The van der Waals surface area contributed by atoms with Crippen LogP contribution in [0.4, 0.5) is 0 Å². The fourth-order valence-corrected chi connectivity index (χ4v) is 3.94. The van der Waals surface area contributed by atoms with Crippen LogP contribution in [-0.2, 0) is 21.2 Å². The van der Waals surface area contributed by atoms with E-state index in [4.69, 9.17) is 14.6 Å². The van der Waals surface area contributed by atoms with Crippen molar-refractivity contribution in [2.24, 2.45) is 0 Å². The minimum Gasteiger partial charge on any atom is -0.497 e. The van der Waals surface area contributed by atoms with Gasteiger partial charge in [0.2, 0.25) is 10.0 Å². The summed E-state index contributed by atoms with van der Waals surface area (Å²) >= 11 is 0. The molecular formula is C19H23NO6S. The lowest BCUT2D eigenvalue weighted by atomic mass is 10.0. The van der Waals surface area contributed by atoms with Crippen molar-refractivity contribution >= 4 is 16.0 Å². The van der Waals surface area contributed by atoms with Gasteiger partial charge in [0.1, 0.15) is 11.5 Å². The summed E-state index contributed by atoms with van der Waals surface area (Å²) in [5.74, 6) is -0.282. The lowest BCUT2D eigenvalue weighted by molar-refractivity contribution is -0.137. The molecule has 2 aromatic carbocycles. The summed E-state index contributed by atoms with van der Waals surface area (Å²) in [6, 6.07) is 13.1. The maximum atomic E-state index is 12.8. The Morgan fingerprint density at radius 3 is 2.19 bits per heavy atom. The van der Waals surface area contributed by atoms with Crippen molar-refractivity contribution in [1.82, 2.24) is 4.72 Å². The van der Waals surface area contributed by atoms with E-state index >= 15 is 0 Å². The van der Waals surface area contributed by atoms with Crippen LogP contribution in [0.2, 0.25) is 0 Å². The van der Waals surface area contributed by atoms with Crippen LogP contribution < -0.4 is 14.2 Å². The molecule has 1 unspecified atom stereocenters. The summed E-state index contributed by atoms with van der Waals surface area (Å²) in [7, 11) is -1.03. The standard InChI is InChI=1S/C19H23NO6S/c1-25-16-11-17(26-2)13-18(12-16)27(23,24)20-15(8-9-19(21)22)10-14-6-4-3-5-7-14/h3-7,11-13,15,20H,8-10H2,1-2H3,(H,21,22). The van der Waals surface area contributed by atoms with Gasteiger partial charge < -0.3 is 14.6 Å².